The zero-order valence-corrected chi connectivity index (χ0v) is 11.7. The van der Waals surface area contributed by atoms with Gasteiger partial charge in [-0.1, -0.05) is 18.6 Å². The zero-order valence-electron chi connectivity index (χ0n) is 11.7. The molecule has 1 aliphatic carbocycles. The molecule has 0 aromatic heterocycles. The lowest BCUT2D eigenvalue weighted by Crippen LogP contribution is -2.32. The van der Waals surface area contributed by atoms with E-state index in [4.69, 9.17) is 4.74 Å². The molecular weight excluding hydrogens is 241 g/mol. The molecule has 104 valence electrons. The van der Waals surface area contributed by atoms with Gasteiger partial charge in [-0.05, 0) is 37.3 Å². The van der Waals surface area contributed by atoms with Crippen LogP contribution in [0.1, 0.15) is 24.8 Å². The van der Waals surface area contributed by atoms with Crippen molar-refractivity contribution in [2.24, 2.45) is 5.92 Å². The number of nitrogens with zero attached hydrogens (tertiary/aromatic N) is 1. The largest absolute Gasteiger partial charge is 0.496 e. The first kappa shape index (κ1) is 14.4. The number of methoxy groups -OCH3 is 1. The Hall–Kier alpha value is -1.04. The molecule has 2 rings (SSSR count). The predicted octanol–water partition coefficient (Wildman–Crippen LogP) is 0.607. The van der Waals surface area contributed by atoms with E-state index in [0.29, 0.717) is 5.46 Å². The number of hydrogen-bond donors (Lipinski definition) is 2. The third-order valence-electron chi connectivity index (χ3n) is 3.84. The fourth-order valence-electron chi connectivity index (χ4n) is 2.55. The van der Waals surface area contributed by atoms with Crippen LogP contribution in [-0.2, 0) is 6.54 Å². The summed E-state index contributed by atoms with van der Waals surface area (Å²) in [5, 5.41) is 18.5. The maximum Gasteiger partial charge on any atom is 0.488 e. The van der Waals surface area contributed by atoms with E-state index < -0.39 is 7.12 Å². The zero-order chi connectivity index (χ0) is 13.8. The van der Waals surface area contributed by atoms with Crippen molar-refractivity contribution in [2.75, 3.05) is 20.7 Å². The van der Waals surface area contributed by atoms with Crippen molar-refractivity contribution in [1.29, 1.82) is 0 Å². The molecule has 1 saturated carbocycles. The Bertz CT molecular complexity index is 421. The van der Waals surface area contributed by atoms with Gasteiger partial charge in [0.15, 0.2) is 0 Å². The lowest BCUT2D eigenvalue weighted by Gasteiger charge is -2.30. The SMILES string of the molecule is COc1ccc(B(O)O)cc1CN(C)CC1CCC1. The van der Waals surface area contributed by atoms with Crippen LogP contribution in [0, 0.1) is 5.92 Å². The number of benzene rings is 1. The number of rotatable bonds is 6. The highest BCUT2D eigenvalue weighted by Gasteiger charge is 2.20. The Morgan fingerprint density at radius 2 is 2.11 bits per heavy atom. The van der Waals surface area contributed by atoms with E-state index in [1.54, 1.807) is 25.3 Å². The molecule has 1 aromatic carbocycles. The van der Waals surface area contributed by atoms with Gasteiger partial charge in [-0.2, -0.15) is 0 Å². The Labute approximate surface area is 115 Å². The summed E-state index contributed by atoms with van der Waals surface area (Å²) in [5.74, 6) is 1.62. The maximum absolute atomic E-state index is 9.24. The molecule has 4 nitrogen and oxygen atoms in total. The van der Waals surface area contributed by atoms with Gasteiger partial charge < -0.3 is 19.7 Å². The van der Waals surface area contributed by atoms with Gasteiger partial charge in [-0.3, -0.25) is 0 Å². The summed E-state index contributed by atoms with van der Waals surface area (Å²) in [4.78, 5) is 2.27. The Kier molecular flexibility index (Phi) is 4.85. The number of hydrogen-bond acceptors (Lipinski definition) is 4. The standard InChI is InChI=1S/C14H22BNO3/c1-16(9-11-4-3-5-11)10-12-8-13(15(17)18)6-7-14(12)19-2/h6-8,11,17-18H,3-5,9-10H2,1-2H3. The second-order valence-electron chi connectivity index (χ2n) is 5.44. The van der Waals surface area contributed by atoms with Crippen LogP contribution in [0.4, 0.5) is 0 Å². The molecule has 0 aliphatic heterocycles. The van der Waals surface area contributed by atoms with Gasteiger partial charge in [-0.15, -0.1) is 0 Å². The summed E-state index contributed by atoms with van der Waals surface area (Å²) < 4.78 is 5.34. The van der Waals surface area contributed by atoms with Gasteiger partial charge in [-0.25, -0.2) is 0 Å². The molecule has 19 heavy (non-hydrogen) atoms. The summed E-state index contributed by atoms with van der Waals surface area (Å²) >= 11 is 0. The van der Waals surface area contributed by atoms with Crippen LogP contribution in [0.5, 0.6) is 5.75 Å². The van der Waals surface area contributed by atoms with E-state index in [2.05, 4.69) is 11.9 Å². The van der Waals surface area contributed by atoms with Crippen LogP contribution >= 0.6 is 0 Å². The highest BCUT2D eigenvalue weighted by molar-refractivity contribution is 6.58. The monoisotopic (exact) mass is 263 g/mol. The van der Waals surface area contributed by atoms with Crippen molar-refractivity contribution in [3.8, 4) is 5.75 Å². The smallest absolute Gasteiger partial charge is 0.488 e. The Balaban J connectivity index is 2.05. The second-order valence-corrected chi connectivity index (χ2v) is 5.44. The first-order chi connectivity index (χ1) is 9.10. The van der Waals surface area contributed by atoms with E-state index in [9.17, 15) is 10.0 Å². The fraction of sp³-hybridized carbons (Fsp3) is 0.571. The molecule has 0 spiro atoms. The molecule has 1 aliphatic rings. The minimum atomic E-state index is -1.43. The van der Waals surface area contributed by atoms with Gasteiger partial charge in [0.25, 0.3) is 0 Å². The highest BCUT2D eigenvalue weighted by Crippen LogP contribution is 2.27. The van der Waals surface area contributed by atoms with Gasteiger partial charge in [0.05, 0.1) is 7.11 Å². The molecule has 0 heterocycles. The van der Waals surface area contributed by atoms with E-state index in [-0.39, 0.29) is 0 Å². The number of ether oxygens (including phenoxy) is 1. The average Bonchev–Trinajstić information content (AvgIpc) is 2.33. The summed E-state index contributed by atoms with van der Waals surface area (Å²) in [7, 11) is 2.31. The van der Waals surface area contributed by atoms with Crippen LogP contribution in [-0.4, -0.2) is 42.8 Å². The van der Waals surface area contributed by atoms with Gasteiger partial charge >= 0.3 is 7.12 Å². The molecular formula is C14H22BNO3. The molecule has 0 saturated heterocycles. The van der Waals surface area contributed by atoms with E-state index >= 15 is 0 Å². The molecule has 0 atom stereocenters. The molecule has 0 radical (unpaired) electrons. The lowest BCUT2D eigenvalue weighted by molar-refractivity contribution is 0.199. The molecule has 1 fully saturated rings. The minimum Gasteiger partial charge on any atom is -0.496 e. The molecule has 2 N–H and O–H groups in total. The summed E-state index contributed by atoms with van der Waals surface area (Å²) in [6.07, 6.45) is 4.02. The van der Waals surface area contributed by atoms with E-state index in [1.807, 2.05) is 0 Å². The molecule has 0 bridgehead atoms. The fourth-order valence-corrected chi connectivity index (χ4v) is 2.55. The van der Waals surface area contributed by atoms with Crippen molar-refractivity contribution in [3.63, 3.8) is 0 Å². The Morgan fingerprint density at radius 1 is 1.37 bits per heavy atom. The van der Waals surface area contributed by atoms with Crippen molar-refractivity contribution >= 4 is 12.6 Å². The van der Waals surface area contributed by atoms with Crippen molar-refractivity contribution in [3.05, 3.63) is 23.8 Å². The van der Waals surface area contributed by atoms with Crippen LogP contribution in [0.25, 0.3) is 0 Å². The van der Waals surface area contributed by atoms with E-state index in [0.717, 1.165) is 30.3 Å². The third-order valence-corrected chi connectivity index (χ3v) is 3.84. The molecule has 0 amide bonds. The lowest BCUT2D eigenvalue weighted by atomic mass is 9.79. The normalized spacial score (nSPS) is 15.4. The van der Waals surface area contributed by atoms with Crippen LogP contribution in [0.2, 0.25) is 0 Å². The predicted molar refractivity (Wildman–Crippen MR) is 76.5 cm³/mol. The van der Waals surface area contributed by atoms with Gasteiger partial charge in [0.2, 0.25) is 0 Å². The van der Waals surface area contributed by atoms with Crippen LogP contribution in [0.15, 0.2) is 18.2 Å². The average molecular weight is 263 g/mol. The topological polar surface area (TPSA) is 52.9 Å². The summed E-state index contributed by atoms with van der Waals surface area (Å²) in [6.45, 7) is 1.86. The van der Waals surface area contributed by atoms with Crippen LogP contribution < -0.4 is 10.2 Å². The second kappa shape index (κ2) is 6.41. The summed E-state index contributed by atoms with van der Waals surface area (Å²) in [6, 6.07) is 5.28. The van der Waals surface area contributed by atoms with Gasteiger partial charge in [0, 0.05) is 18.7 Å². The minimum absolute atomic E-state index is 0.507. The quantitative estimate of drug-likeness (QED) is 0.738. The maximum atomic E-state index is 9.24. The van der Waals surface area contributed by atoms with E-state index in [1.165, 1.54) is 19.3 Å². The molecule has 1 aromatic rings. The van der Waals surface area contributed by atoms with Gasteiger partial charge in [0.1, 0.15) is 5.75 Å². The Morgan fingerprint density at radius 3 is 2.63 bits per heavy atom. The summed E-state index contributed by atoms with van der Waals surface area (Å²) in [5.41, 5.74) is 1.50. The third kappa shape index (κ3) is 3.72. The molecule has 5 heteroatoms. The van der Waals surface area contributed by atoms with Crippen molar-refractivity contribution < 1.29 is 14.8 Å². The van der Waals surface area contributed by atoms with Crippen LogP contribution in [0.3, 0.4) is 0 Å². The van der Waals surface area contributed by atoms with Crippen molar-refractivity contribution in [1.82, 2.24) is 4.90 Å². The van der Waals surface area contributed by atoms with Crippen molar-refractivity contribution in [2.45, 2.75) is 25.8 Å². The first-order valence-corrected chi connectivity index (χ1v) is 6.81. The first-order valence-electron chi connectivity index (χ1n) is 6.81. The molecule has 0 unspecified atom stereocenters. The highest BCUT2D eigenvalue weighted by atomic mass is 16.5.